The summed E-state index contributed by atoms with van der Waals surface area (Å²) in [5, 5.41) is 13.1. The zero-order chi connectivity index (χ0) is 20.8. The first-order valence-electron chi connectivity index (χ1n) is 8.78. The second-order valence-electron chi connectivity index (χ2n) is 6.18. The van der Waals surface area contributed by atoms with Crippen LogP contribution in [0.5, 0.6) is 11.5 Å². The fourth-order valence-electron chi connectivity index (χ4n) is 2.79. The van der Waals surface area contributed by atoms with Gasteiger partial charge >= 0.3 is 5.97 Å². The number of aromatic carboxylic acids is 1. The van der Waals surface area contributed by atoms with Gasteiger partial charge in [0.05, 0.1) is 17.7 Å². The number of carbonyl (C=O) groups is 1. The number of rotatable bonds is 8. The standard InChI is InChI=1S/C22H19Cl2NO4/c1-28-20-8-4-6-14(21(20)29-13-15-5-2-3-7-18(15)23)12-25-16-9-10-17(22(26)27)19(24)11-16/h2-11,25H,12-13H2,1H3,(H,26,27). The zero-order valence-electron chi connectivity index (χ0n) is 15.6. The molecule has 3 rings (SSSR count). The van der Waals surface area contributed by atoms with Gasteiger partial charge in [-0.15, -0.1) is 0 Å². The first-order valence-corrected chi connectivity index (χ1v) is 9.54. The van der Waals surface area contributed by atoms with Crippen molar-refractivity contribution in [3.63, 3.8) is 0 Å². The van der Waals surface area contributed by atoms with Crippen LogP contribution in [0.3, 0.4) is 0 Å². The number of anilines is 1. The lowest BCUT2D eigenvalue weighted by molar-refractivity contribution is 0.0697. The number of nitrogens with one attached hydrogen (secondary N) is 1. The molecule has 0 heterocycles. The fourth-order valence-corrected chi connectivity index (χ4v) is 3.24. The molecular weight excluding hydrogens is 413 g/mol. The van der Waals surface area contributed by atoms with E-state index in [1.807, 2.05) is 42.5 Å². The van der Waals surface area contributed by atoms with Gasteiger partial charge in [0.25, 0.3) is 0 Å². The Morgan fingerprint density at radius 1 is 1.00 bits per heavy atom. The molecule has 0 unspecified atom stereocenters. The van der Waals surface area contributed by atoms with Gasteiger partial charge in [0.2, 0.25) is 0 Å². The number of carboxylic acids is 1. The summed E-state index contributed by atoms with van der Waals surface area (Å²) in [6.45, 7) is 0.726. The highest BCUT2D eigenvalue weighted by atomic mass is 35.5. The Balaban J connectivity index is 1.78. The van der Waals surface area contributed by atoms with E-state index < -0.39 is 5.97 Å². The third kappa shape index (κ3) is 5.13. The quantitative estimate of drug-likeness (QED) is 0.465. The summed E-state index contributed by atoms with van der Waals surface area (Å²) in [7, 11) is 1.58. The number of carboxylic acid groups (broad SMARTS) is 1. The summed E-state index contributed by atoms with van der Waals surface area (Å²) in [5.74, 6) is 0.149. The van der Waals surface area contributed by atoms with E-state index in [2.05, 4.69) is 5.32 Å². The number of hydrogen-bond acceptors (Lipinski definition) is 4. The van der Waals surface area contributed by atoms with E-state index in [0.29, 0.717) is 35.4 Å². The molecule has 0 aromatic heterocycles. The predicted molar refractivity (Wildman–Crippen MR) is 115 cm³/mol. The van der Waals surface area contributed by atoms with Gasteiger partial charge in [0, 0.05) is 28.4 Å². The van der Waals surface area contributed by atoms with Crippen molar-refractivity contribution in [2.45, 2.75) is 13.2 Å². The van der Waals surface area contributed by atoms with Gasteiger partial charge in [-0.2, -0.15) is 0 Å². The third-order valence-electron chi connectivity index (χ3n) is 4.29. The molecule has 0 aliphatic rings. The van der Waals surface area contributed by atoms with Crippen molar-refractivity contribution in [3.8, 4) is 11.5 Å². The second kappa shape index (κ2) is 9.54. The van der Waals surface area contributed by atoms with Crippen molar-refractivity contribution in [1.82, 2.24) is 0 Å². The minimum absolute atomic E-state index is 0.0577. The maximum absolute atomic E-state index is 11.1. The molecule has 0 amide bonds. The Kier molecular flexibility index (Phi) is 6.86. The smallest absolute Gasteiger partial charge is 0.337 e. The molecule has 3 aromatic carbocycles. The molecule has 7 heteroatoms. The van der Waals surface area contributed by atoms with Crippen LogP contribution in [0.25, 0.3) is 0 Å². The van der Waals surface area contributed by atoms with E-state index >= 15 is 0 Å². The number of halogens is 2. The van der Waals surface area contributed by atoms with E-state index in [1.54, 1.807) is 19.2 Å². The third-order valence-corrected chi connectivity index (χ3v) is 4.97. The molecule has 0 saturated carbocycles. The van der Waals surface area contributed by atoms with Gasteiger partial charge in [0.15, 0.2) is 11.5 Å². The average molecular weight is 432 g/mol. The van der Waals surface area contributed by atoms with E-state index in [1.165, 1.54) is 6.07 Å². The predicted octanol–water partition coefficient (Wildman–Crippen LogP) is 5.89. The highest BCUT2D eigenvalue weighted by molar-refractivity contribution is 6.33. The van der Waals surface area contributed by atoms with Crippen LogP contribution in [0.2, 0.25) is 10.0 Å². The monoisotopic (exact) mass is 431 g/mol. The lowest BCUT2D eigenvalue weighted by Gasteiger charge is -2.16. The van der Waals surface area contributed by atoms with Crippen LogP contribution >= 0.6 is 23.2 Å². The number of benzene rings is 3. The first-order chi connectivity index (χ1) is 14.0. The number of hydrogen-bond donors (Lipinski definition) is 2. The van der Waals surface area contributed by atoms with Crippen molar-refractivity contribution in [3.05, 3.63) is 87.4 Å². The minimum Gasteiger partial charge on any atom is -0.493 e. The van der Waals surface area contributed by atoms with E-state index in [0.717, 1.165) is 11.1 Å². The Hall–Kier alpha value is -2.89. The lowest BCUT2D eigenvalue weighted by atomic mass is 10.1. The topological polar surface area (TPSA) is 67.8 Å². The molecule has 29 heavy (non-hydrogen) atoms. The van der Waals surface area contributed by atoms with Gasteiger partial charge < -0.3 is 19.9 Å². The molecule has 0 spiro atoms. The van der Waals surface area contributed by atoms with Gasteiger partial charge in [-0.05, 0) is 30.3 Å². The minimum atomic E-state index is -1.07. The summed E-state index contributed by atoms with van der Waals surface area (Å²) >= 11 is 12.3. The van der Waals surface area contributed by atoms with Crippen molar-refractivity contribution < 1.29 is 19.4 Å². The highest BCUT2D eigenvalue weighted by Crippen LogP contribution is 2.33. The Morgan fingerprint density at radius 2 is 1.76 bits per heavy atom. The molecule has 0 aliphatic heterocycles. The van der Waals surface area contributed by atoms with Gasteiger partial charge in [-0.3, -0.25) is 0 Å². The SMILES string of the molecule is COc1cccc(CNc2ccc(C(=O)O)c(Cl)c2)c1OCc1ccccc1Cl. The summed E-state index contributed by atoms with van der Waals surface area (Å²) in [4.78, 5) is 11.1. The number of para-hydroxylation sites is 1. The molecule has 0 atom stereocenters. The average Bonchev–Trinajstić information content (AvgIpc) is 2.71. The summed E-state index contributed by atoms with van der Waals surface area (Å²) in [5.41, 5.74) is 2.49. The summed E-state index contributed by atoms with van der Waals surface area (Å²) in [6.07, 6.45) is 0. The van der Waals surface area contributed by atoms with Crippen LogP contribution in [0, 0.1) is 0 Å². The van der Waals surface area contributed by atoms with E-state index in [4.69, 9.17) is 37.8 Å². The van der Waals surface area contributed by atoms with Crippen LogP contribution < -0.4 is 14.8 Å². The zero-order valence-corrected chi connectivity index (χ0v) is 17.1. The summed E-state index contributed by atoms with van der Waals surface area (Å²) < 4.78 is 11.5. The second-order valence-corrected chi connectivity index (χ2v) is 7.00. The molecule has 150 valence electrons. The van der Waals surface area contributed by atoms with E-state index in [-0.39, 0.29) is 10.6 Å². The number of ether oxygens (including phenoxy) is 2. The summed E-state index contributed by atoms with van der Waals surface area (Å²) in [6, 6.07) is 17.8. The molecule has 2 N–H and O–H groups in total. The molecule has 0 radical (unpaired) electrons. The number of methoxy groups -OCH3 is 1. The van der Waals surface area contributed by atoms with Crippen molar-refractivity contribution >= 4 is 34.9 Å². The highest BCUT2D eigenvalue weighted by Gasteiger charge is 2.13. The fraction of sp³-hybridized carbons (Fsp3) is 0.136. The maximum Gasteiger partial charge on any atom is 0.337 e. The van der Waals surface area contributed by atoms with Gasteiger partial charge in [0.1, 0.15) is 6.61 Å². The molecule has 0 bridgehead atoms. The van der Waals surface area contributed by atoms with Gasteiger partial charge in [-0.1, -0.05) is 53.5 Å². The molecule has 3 aromatic rings. The van der Waals surface area contributed by atoms with Crippen molar-refractivity contribution in [2.75, 3.05) is 12.4 Å². The molecule has 5 nitrogen and oxygen atoms in total. The van der Waals surface area contributed by atoms with E-state index in [9.17, 15) is 4.79 Å². The Labute approximate surface area is 178 Å². The van der Waals surface area contributed by atoms with Crippen LogP contribution in [-0.4, -0.2) is 18.2 Å². The van der Waals surface area contributed by atoms with Crippen molar-refractivity contribution in [1.29, 1.82) is 0 Å². The van der Waals surface area contributed by atoms with Crippen molar-refractivity contribution in [2.24, 2.45) is 0 Å². The Bertz CT molecular complexity index is 1020. The van der Waals surface area contributed by atoms with Crippen LogP contribution in [0.4, 0.5) is 5.69 Å². The Morgan fingerprint density at radius 3 is 2.45 bits per heavy atom. The lowest BCUT2D eigenvalue weighted by Crippen LogP contribution is -2.06. The first kappa shape index (κ1) is 20.8. The van der Waals surface area contributed by atoms with Crippen LogP contribution in [0.1, 0.15) is 21.5 Å². The van der Waals surface area contributed by atoms with Crippen LogP contribution in [0.15, 0.2) is 60.7 Å². The molecule has 0 aliphatic carbocycles. The molecule has 0 fully saturated rings. The van der Waals surface area contributed by atoms with Crippen LogP contribution in [-0.2, 0) is 13.2 Å². The van der Waals surface area contributed by atoms with Gasteiger partial charge in [-0.25, -0.2) is 4.79 Å². The normalized spacial score (nSPS) is 10.4. The molecule has 0 saturated heterocycles. The maximum atomic E-state index is 11.1. The molecular formula is C22H19Cl2NO4. The largest absolute Gasteiger partial charge is 0.493 e.